The van der Waals surface area contributed by atoms with Crippen molar-refractivity contribution in [2.24, 2.45) is 0 Å². The van der Waals surface area contributed by atoms with Crippen LogP contribution in [-0.4, -0.2) is 62.8 Å². The molecule has 1 aromatic rings. The number of nitrogens with zero attached hydrogens (tertiary/aromatic N) is 1. The molecule has 3 rings (SSSR count). The van der Waals surface area contributed by atoms with Crippen molar-refractivity contribution in [3.63, 3.8) is 0 Å². The summed E-state index contributed by atoms with van der Waals surface area (Å²) >= 11 is 0. The highest BCUT2D eigenvalue weighted by molar-refractivity contribution is 5.82. The molecule has 2 aliphatic rings. The fourth-order valence-electron chi connectivity index (χ4n) is 3.32. The van der Waals surface area contributed by atoms with Gasteiger partial charge in [-0.2, -0.15) is 0 Å². The topological polar surface area (TPSA) is 53.6 Å². The number of fused-ring (bicyclic) bond motifs is 1. The number of amides is 1. The van der Waals surface area contributed by atoms with Crippen LogP contribution in [0, 0.1) is 0 Å². The van der Waals surface area contributed by atoms with Gasteiger partial charge in [0.1, 0.15) is 0 Å². The van der Waals surface area contributed by atoms with Crippen LogP contribution in [0.15, 0.2) is 24.3 Å². The molecule has 1 atom stereocenters. The molecule has 2 heterocycles. The third-order valence-corrected chi connectivity index (χ3v) is 4.70. The Labute approximate surface area is 138 Å². The number of carbonyl (C=O) groups excluding carboxylic acids is 1. The highest BCUT2D eigenvalue weighted by Crippen LogP contribution is 2.14. The molecule has 2 aliphatic heterocycles. The molecule has 1 amide bonds. The lowest BCUT2D eigenvalue weighted by molar-refractivity contribution is -0.123. The van der Waals surface area contributed by atoms with Crippen LogP contribution in [0.4, 0.5) is 0 Å². The van der Waals surface area contributed by atoms with Gasteiger partial charge in [0.25, 0.3) is 0 Å². The fraction of sp³-hybridized carbons (Fsp3) is 0.611. The van der Waals surface area contributed by atoms with Gasteiger partial charge in [-0.05, 0) is 43.5 Å². The number of ether oxygens (including phenoxy) is 1. The second-order valence-electron chi connectivity index (χ2n) is 6.33. The maximum absolute atomic E-state index is 12.4. The van der Waals surface area contributed by atoms with E-state index in [9.17, 15) is 4.79 Å². The molecule has 2 N–H and O–H groups in total. The molecule has 0 bridgehead atoms. The first-order valence-corrected chi connectivity index (χ1v) is 8.71. The summed E-state index contributed by atoms with van der Waals surface area (Å²) in [5.41, 5.74) is 2.66. The van der Waals surface area contributed by atoms with Gasteiger partial charge >= 0.3 is 0 Å². The Bertz CT molecular complexity index is 515. The number of carbonyl (C=O) groups is 1. The lowest BCUT2D eigenvalue weighted by Gasteiger charge is -2.26. The zero-order chi connectivity index (χ0) is 15.9. The van der Waals surface area contributed by atoms with Gasteiger partial charge in [-0.25, -0.2) is 0 Å². The summed E-state index contributed by atoms with van der Waals surface area (Å²) in [6.45, 7) is 6.32. The van der Waals surface area contributed by atoms with Crippen LogP contribution < -0.4 is 10.6 Å². The third kappa shape index (κ3) is 4.77. The summed E-state index contributed by atoms with van der Waals surface area (Å²) in [5, 5.41) is 6.47. The van der Waals surface area contributed by atoms with Gasteiger partial charge in [-0.15, -0.1) is 0 Å². The van der Waals surface area contributed by atoms with E-state index in [0.29, 0.717) is 0 Å². The molecule has 5 nitrogen and oxygen atoms in total. The van der Waals surface area contributed by atoms with E-state index in [4.69, 9.17) is 4.74 Å². The number of morpholine rings is 1. The molecule has 1 fully saturated rings. The minimum absolute atomic E-state index is 0.109. The van der Waals surface area contributed by atoms with E-state index in [1.54, 1.807) is 0 Å². The molecule has 0 radical (unpaired) electrons. The third-order valence-electron chi connectivity index (χ3n) is 4.70. The minimum atomic E-state index is -0.109. The summed E-state index contributed by atoms with van der Waals surface area (Å²) in [4.78, 5) is 14.8. The van der Waals surface area contributed by atoms with Crippen LogP contribution in [0.3, 0.4) is 0 Å². The zero-order valence-electron chi connectivity index (χ0n) is 13.7. The largest absolute Gasteiger partial charge is 0.379 e. The first-order valence-electron chi connectivity index (χ1n) is 8.71. The molecule has 126 valence electrons. The highest BCUT2D eigenvalue weighted by atomic mass is 16.5. The van der Waals surface area contributed by atoms with Gasteiger partial charge < -0.3 is 15.4 Å². The second kappa shape index (κ2) is 8.43. The summed E-state index contributed by atoms with van der Waals surface area (Å²) in [5.74, 6) is 0.128. The molecule has 5 heteroatoms. The van der Waals surface area contributed by atoms with E-state index in [1.807, 2.05) is 0 Å². The zero-order valence-corrected chi connectivity index (χ0v) is 13.7. The van der Waals surface area contributed by atoms with Crippen LogP contribution in [0.2, 0.25) is 0 Å². The van der Waals surface area contributed by atoms with Gasteiger partial charge in [-0.3, -0.25) is 9.69 Å². The van der Waals surface area contributed by atoms with Gasteiger partial charge in [0, 0.05) is 19.6 Å². The van der Waals surface area contributed by atoms with Gasteiger partial charge in [0.15, 0.2) is 0 Å². The molecule has 1 unspecified atom stereocenters. The Morgan fingerprint density at radius 1 is 1.26 bits per heavy atom. The van der Waals surface area contributed by atoms with E-state index in [0.717, 1.165) is 65.2 Å². The van der Waals surface area contributed by atoms with Crippen LogP contribution >= 0.6 is 0 Å². The second-order valence-corrected chi connectivity index (χ2v) is 6.33. The van der Waals surface area contributed by atoms with Crippen molar-refractivity contribution < 1.29 is 9.53 Å². The molecule has 23 heavy (non-hydrogen) atoms. The van der Waals surface area contributed by atoms with E-state index in [1.165, 1.54) is 11.1 Å². The van der Waals surface area contributed by atoms with E-state index in [-0.39, 0.29) is 11.9 Å². The van der Waals surface area contributed by atoms with Crippen molar-refractivity contribution in [3.05, 3.63) is 35.4 Å². The molecular weight excluding hydrogens is 290 g/mol. The smallest absolute Gasteiger partial charge is 0.237 e. The van der Waals surface area contributed by atoms with Crippen LogP contribution in [0.25, 0.3) is 0 Å². The number of rotatable bonds is 5. The highest BCUT2D eigenvalue weighted by Gasteiger charge is 2.22. The van der Waals surface area contributed by atoms with Crippen LogP contribution in [0.1, 0.15) is 17.5 Å². The normalized spacial score (nSPS) is 22.2. The van der Waals surface area contributed by atoms with E-state index in [2.05, 4.69) is 39.8 Å². The van der Waals surface area contributed by atoms with Crippen LogP contribution in [0.5, 0.6) is 0 Å². The molecule has 0 aliphatic carbocycles. The van der Waals surface area contributed by atoms with E-state index < -0.39 is 0 Å². The number of nitrogens with one attached hydrogen (secondary N) is 2. The Morgan fingerprint density at radius 2 is 2.04 bits per heavy atom. The molecular formula is C18H27N3O2. The SMILES string of the molecule is O=C(NCCCN1CCOCC1)C1Cc2ccccc2CCN1. The summed E-state index contributed by atoms with van der Waals surface area (Å²) in [6, 6.07) is 8.33. The quantitative estimate of drug-likeness (QED) is 0.780. The molecule has 1 saturated heterocycles. The molecule has 1 aromatic carbocycles. The Hall–Kier alpha value is -1.43. The van der Waals surface area contributed by atoms with Crippen molar-refractivity contribution >= 4 is 5.91 Å². The van der Waals surface area contributed by atoms with Gasteiger partial charge in [0.05, 0.1) is 19.3 Å². The van der Waals surface area contributed by atoms with Gasteiger partial charge in [-0.1, -0.05) is 24.3 Å². The van der Waals surface area contributed by atoms with E-state index >= 15 is 0 Å². The summed E-state index contributed by atoms with van der Waals surface area (Å²) in [7, 11) is 0. The van der Waals surface area contributed by atoms with Crippen molar-refractivity contribution in [1.82, 2.24) is 15.5 Å². The predicted molar refractivity (Wildman–Crippen MR) is 90.5 cm³/mol. The maximum Gasteiger partial charge on any atom is 0.237 e. The predicted octanol–water partition coefficient (Wildman–Crippen LogP) is 0.582. The Morgan fingerprint density at radius 3 is 2.87 bits per heavy atom. The molecule has 0 spiro atoms. The Balaban J connectivity index is 1.41. The van der Waals surface area contributed by atoms with Crippen molar-refractivity contribution in [1.29, 1.82) is 0 Å². The lowest BCUT2D eigenvalue weighted by Crippen LogP contribution is -2.46. The average Bonchev–Trinajstić information content (AvgIpc) is 2.82. The first-order chi connectivity index (χ1) is 11.3. The first kappa shape index (κ1) is 16.4. The van der Waals surface area contributed by atoms with Crippen LogP contribution in [-0.2, 0) is 22.4 Å². The number of hydrogen-bond donors (Lipinski definition) is 2. The number of benzene rings is 1. The van der Waals surface area contributed by atoms with Gasteiger partial charge in [0.2, 0.25) is 5.91 Å². The molecule has 0 aromatic heterocycles. The minimum Gasteiger partial charge on any atom is -0.379 e. The average molecular weight is 317 g/mol. The lowest BCUT2D eigenvalue weighted by atomic mass is 10.0. The fourth-order valence-corrected chi connectivity index (χ4v) is 3.32. The van der Waals surface area contributed by atoms with Crippen molar-refractivity contribution in [3.8, 4) is 0 Å². The number of hydrogen-bond acceptors (Lipinski definition) is 4. The monoisotopic (exact) mass is 317 g/mol. The molecule has 0 saturated carbocycles. The maximum atomic E-state index is 12.4. The summed E-state index contributed by atoms with van der Waals surface area (Å²) in [6.07, 6.45) is 2.78. The van der Waals surface area contributed by atoms with Crippen molar-refractivity contribution in [2.75, 3.05) is 45.9 Å². The summed E-state index contributed by atoms with van der Waals surface area (Å²) < 4.78 is 5.34. The van der Waals surface area contributed by atoms with Crippen molar-refractivity contribution in [2.45, 2.75) is 25.3 Å². The Kier molecular flexibility index (Phi) is 6.02. The standard InChI is InChI=1S/C18H27N3O2/c22-18(20-7-3-9-21-10-12-23-13-11-21)17-14-16-5-2-1-4-15(16)6-8-19-17/h1-2,4-5,17,19H,3,6-14H2,(H,20,22).